The van der Waals surface area contributed by atoms with E-state index in [-0.39, 0.29) is 18.0 Å². The van der Waals surface area contributed by atoms with Crippen molar-refractivity contribution in [1.29, 1.82) is 0 Å². The second kappa shape index (κ2) is 8.77. The maximum absolute atomic E-state index is 12.9. The Morgan fingerprint density at radius 1 is 1.12 bits per heavy atom. The van der Waals surface area contributed by atoms with Crippen molar-refractivity contribution in [3.05, 3.63) is 59.7 Å². The summed E-state index contributed by atoms with van der Waals surface area (Å²) < 4.78 is 5.28. The van der Waals surface area contributed by atoms with Crippen LogP contribution in [0.2, 0.25) is 0 Å². The van der Waals surface area contributed by atoms with E-state index in [1.165, 1.54) is 5.56 Å². The number of hydrogen-bond donors (Lipinski definition) is 5. The van der Waals surface area contributed by atoms with Crippen LogP contribution in [-0.2, 0) is 17.6 Å². The highest BCUT2D eigenvalue weighted by atomic mass is 16.5. The summed E-state index contributed by atoms with van der Waals surface area (Å²) in [6.45, 7) is 2.11. The second-order valence-electron chi connectivity index (χ2n) is 6.22. The Morgan fingerprint density at radius 2 is 1.85 bits per heavy atom. The third-order valence-corrected chi connectivity index (χ3v) is 4.48. The molecule has 0 radical (unpaired) electrons. The number of carbonyl (C=O) groups is 1. The fourth-order valence-electron chi connectivity index (χ4n) is 2.94. The fraction of sp³-hybridized carbons (Fsp3) is 0.316. The summed E-state index contributed by atoms with van der Waals surface area (Å²) in [4.78, 5) is 12.9. The van der Waals surface area contributed by atoms with E-state index < -0.39 is 0 Å². The van der Waals surface area contributed by atoms with Gasteiger partial charge >= 0.3 is 0 Å². The highest BCUT2D eigenvalue weighted by Gasteiger charge is 2.31. The van der Waals surface area contributed by atoms with Crippen LogP contribution in [0, 0.1) is 5.92 Å². The number of hydrazine groups is 3. The molecule has 1 aliphatic heterocycles. The largest absolute Gasteiger partial charge is 0.497 e. The Kier molecular flexibility index (Phi) is 6.19. The number of benzene rings is 2. The van der Waals surface area contributed by atoms with Crippen LogP contribution in [0.5, 0.6) is 5.75 Å². The molecule has 1 saturated heterocycles. The Labute approximate surface area is 153 Å². The summed E-state index contributed by atoms with van der Waals surface area (Å²) in [5.41, 5.74) is 14.7. The second-order valence-corrected chi connectivity index (χ2v) is 6.22. The minimum absolute atomic E-state index is 0.0624. The molecule has 0 aromatic heterocycles. The first-order chi connectivity index (χ1) is 12.7. The Hall–Kier alpha value is -2.45. The molecule has 1 amide bonds. The quantitative estimate of drug-likeness (QED) is 0.517. The van der Waals surface area contributed by atoms with Crippen LogP contribution in [0.15, 0.2) is 48.5 Å². The maximum Gasteiger partial charge on any atom is 0.230 e. The van der Waals surface area contributed by atoms with Crippen LogP contribution in [-0.4, -0.2) is 19.2 Å². The van der Waals surface area contributed by atoms with Gasteiger partial charge in [-0.25, -0.2) is 10.9 Å². The predicted molar refractivity (Wildman–Crippen MR) is 101 cm³/mol. The van der Waals surface area contributed by atoms with Gasteiger partial charge in [0.05, 0.1) is 19.2 Å². The Morgan fingerprint density at radius 3 is 2.50 bits per heavy atom. The van der Waals surface area contributed by atoms with Crippen molar-refractivity contribution < 1.29 is 9.53 Å². The molecule has 2 aromatic carbocycles. The topological polar surface area (TPSA) is 86.5 Å². The Bertz CT molecular complexity index is 729. The SMILES string of the molecule is CCc1ccc(NC(=O)C(Cc2cccc(OC)c2)C2NNNN2)cc1. The van der Waals surface area contributed by atoms with Crippen molar-refractivity contribution in [2.24, 2.45) is 5.92 Å². The van der Waals surface area contributed by atoms with Crippen molar-refractivity contribution in [2.75, 3.05) is 12.4 Å². The van der Waals surface area contributed by atoms with Crippen molar-refractivity contribution in [2.45, 2.75) is 25.9 Å². The first-order valence-corrected chi connectivity index (χ1v) is 8.73. The number of anilines is 1. The van der Waals surface area contributed by atoms with Crippen LogP contribution in [0.1, 0.15) is 18.1 Å². The molecule has 7 nitrogen and oxygen atoms in total. The van der Waals surface area contributed by atoms with E-state index in [4.69, 9.17) is 4.74 Å². The number of rotatable bonds is 7. The van der Waals surface area contributed by atoms with E-state index in [1.54, 1.807) is 7.11 Å². The molecular formula is C19H25N5O2. The molecule has 138 valence electrons. The monoisotopic (exact) mass is 355 g/mol. The minimum atomic E-state index is -0.338. The highest BCUT2D eigenvalue weighted by Crippen LogP contribution is 2.19. The summed E-state index contributed by atoms with van der Waals surface area (Å²) >= 11 is 0. The summed E-state index contributed by atoms with van der Waals surface area (Å²) in [5.74, 6) is 0.378. The molecule has 1 heterocycles. The lowest BCUT2D eigenvalue weighted by molar-refractivity contribution is -0.120. The van der Waals surface area contributed by atoms with Gasteiger partial charge in [-0.05, 0) is 48.2 Å². The number of carbonyl (C=O) groups excluding carboxylic acids is 1. The van der Waals surface area contributed by atoms with Gasteiger partial charge in [-0.15, -0.1) is 0 Å². The summed E-state index contributed by atoms with van der Waals surface area (Å²) in [5, 5.41) is 3.01. The molecule has 1 aliphatic rings. The summed E-state index contributed by atoms with van der Waals surface area (Å²) in [6, 6.07) is 15.7. The zero-order chi connectivity index (χ0) is 18.4. The van der Waals surface area contributed by atoms with E-state index in [0.717, 1.165) is 23.4 Å². The van der Waals surface area contributed by atoms with E-state index in [2.05, 4.69) is 34.2 Å². The van der Waals surface area contributed by atoms with E-state index in [0.29, 0.717) is 6.42 Å². The van der Waals surface area contributed by atoms with Gasteiger partial charge in [0.15, 0.2) is 0 Å². The number of hydrogen-bond acceptors (Lipinski definition) is 6. The average Bonchev–Trinajstić information content (AvgIpc) is 3.21. The van der Waals surface area contributed by atoms with Gasteiger partial charge in [-0.3, -0.25) is 4.79 Å². The molecule has 0 saturated carbocycles. The van der Waals surface area contributed by atoms with E-state index >= 15 is 0 Å². The van der Waals surface area contributed by atoms with Gasteiger partial charge in [0.2, 0.25) is 5.91 Å². The van der Waals surface area contributed by atoms with Gasteiger partial charge in [-0.1, -0.05) is 31.2 Å². The first-order valence-electron chi connectivity index (χ1n) is 8.73. The third kappa shape index (κ3) is 4.59. The smallest absolute Gasteiger partial charge is 0.230 e. The summed E-state index contributed by atoms with van der Waals surface area (Å²) in [6.07, 6.45) is 1.28. The van der Waals surface area contributed by atoms with Crippen molar-refractivity contribution in [3.63, 3.8) is 0 Å². The van der Waals surface area contributed by atoms with Crippen LogP contribution < -0.4 is 32.0 Å². The minimum Gasteiger partial charge on any atom is -0.497 e. The molecule has 1 unspecified atom stereocenters. The van der Waals surface area contributed by atoms with E-state index in [9.17, 15) is 4.79 Å². The van der Waals surface area contributed by atoms with Gasteiger partial charge < -0.3 is 10.1 Å². The van der Waals surface area contributed by atoms with Gasteiger partial charge in [0, 0.05) is 5.69 Å². The first kappa shape index (κ1) is 18.3. The molecular weight excluding hydrogens is 330 g/mol. The molecule has 0 aliphatic carbocycles. The number of ether oxygens (including phenoxy) is 1. The predicted octanol–water partition coefficient (Wildman–Crippen LogP) is 1.50. The lowest BCUT2D eigenvalue weighted by Gasteiger charge is -2.22. The van der Waals surface area contributed by atoms with Crippen molar-refractivity contribution in [3.8, 4) is 5.75 Å². The average molecular weight is 355 g/mol. The lowest BCUT2D eigenvalue weighted by Crippen LogP contribution is -2.47. The van der Waals surface area contributed by atoms with Gasteiger partial charge in [0.25, 0.3) is 0 Å². The zero-order valence-corrected chi connectivity index (χ0v) is 15.0. The fourth-order valence-corrected chi connectivity index (χ4v) is 2.94. The molecule has 26 heavy (non-hydrogen) atoms. The molecule has 3 rings (SSSR count). The van der Waals surface area contributed by atoms with Gasteiger partial charge in [0.1, 0.15) is 5.75 Å². The Balaban J connectivity index is 1.74. The van der Waals surface area contributed by atoms with Crippen molar-refractivity contribution >= 4 is 11.6 Å². The molecule has 5 N–H and O–H groups in total. The molecule has 7 heteroatoms. The van der Waals surface area contributed by atoms with Crippen LogP contribution >= 0.6 is 0 Å². The molecule has 0 spiro atoms. The third-order valence-electron chi connectivity index (χ3n) is 4.48. The molecule has 1 atom stereocenters. The van der Waals surface area contributed by atoms with Crippen LogP contribution in [0.3, 0.4) is 0 Å². The highest BCUT2D eigenvalue weighted by molar-refractivity contribution is 5.93. The zero-order valence-electron chi connectivity index (χ0n) is 15.0. The number of aryl methyl sites for hydroxylation is 1. The normalized spacial score (nSPS) is 15.6. The standard InChI is InChI=1S/C19H25N5O2/c1-3-13-7-9-15(10-8-13)20-19(25)17(18-21-23-24-22-18)12-14-5-4-6-16(11-14)26-2/h4-11,17-18,21-24H,3,12H2,1-2H3,(H,20,25). The van der Waals surface area contributed by atoms with Crippen LogP contribution in [0.4, 0.5) is 5.69 Å². The molecule has 1 fully saturated rings. The lowest BCUT2D eigenvalue weighted by atomic mass is 9.95. The molecule has 0 bridgehead atoms. The number of nitrogens with one attached hydrogen (secondary N) is 5. The number of methoxy groups -OCH3 is 1. The van der Waals surface area contributed by atoms with Crippen molar-refractivity contribution in [1.82, 2.24) is 21.9 Å². The van der Waals surface area contributed by atoms with Crippen LogP contribution in [0.25, 0.3) is 0 Å². The summed E-state index contributed by atoms with van der Waals surface area (Å²) in [7, 11) is 1.64. The number of amides is 1. The van der Waals surface area contributed by atoms with E-state index in [1.807, 2.05) is 48.5 Å². The molecule has 2 aromatic rings. The maximum atomic E-state index is 12.9. The van der Waals surface area contributed by atoms with Gasteiger partial charge in [-0.2, -0.15) is 11.1 Å².